The molecule has 1 aromatic carbocycles. The second-order valence-corrected chi connectivity index (χ2v) is 6.74. The summed E-state index contributed by atoms with van der Waals surface area (Å²) in [7, 11) is 0. The lowest BCUT2D eigenvalue weighted by Gasteiger charge is -2.10. The number of amides is 1. The van der Waals surface area contributed by atoms with Crippen molar-refractivity contribution in [3.05, 3.63) is 70.6 Å². The van der Waals surface area contributed by atoms with E-state index in [2.05, 4.69) is 64.2 Å². The van der Waals surface area contributed by atoms with Crippen LogP contribution in [-0.2, 0) is 4.79 Å². The molecule has 0 saturated heterocycles. The number of hydrogen-bond acceptors (Lipinski definition) is 4. The van der Waals surface area contributed by atoms with Gasteiger partial charge in [-0.25, -0.2) is 0 Å². The number of nitrogens with zero attached hydrogens (tertiary/aromatic N) is 3. The van der Waals surface area contributed by atoms with Crippen molar-refractivity contribution in [1.82, 2.24) is 20.0 Å². The number of aryl methyl sites for hydroxylation is 3. The maximum Gasteiger partial charge on any atom is 0.248 e. The van der Waals surface area contributed by atoms with E-state index < -0.39 is 0 Å². The fourth-order valence-corrected chi connectivity index (χ4v) is 3.03. The quantitative estimate of drug-likeness (QED) is 0.695. The van der Waals surface area contributed by atoms with Crippen molar-refractivity contribution >= 4 is 12.0 Å². The highest BCUT2D eigenvalue weighted by Crippen LogP contribution is 2.22. The molecular weight excluding hydrogens is 340 g/mol. The van der Waals surface area contributed by atoms with Gasteiger partial charge in [0, 0.05) is 23.2 Å². The first-order chi connectivity index (χ1) is 12.8. The van der Waals surface area contributed by atoms with Crippen LogP contribution in [0.3, 0.4) is 0 Å². The molecule has 0 fully saturated rings. The van der Waals surface area contributed by atoms with Crippen molar-refractivity contribution in [3.63, 3.8) is 0 Å². The van der Waals surface area contributed by atoms with Crippen LogP contribution in [0.2, 0.25) is 0 Å². The summed E-state index contributed by atoms with van der Waals surface area (Å²) in [5.74, 6) is 0.732. The third-order valence-electron chi connectivity index (χ3n) is 4.45. The summed E-state index contributed by atoms with van der Waals surface area (Å²) >= 11 is 0. The molecule has 0 aliphatic rings. The fourth-order valence-electron chi connectivity index (χ4n) is 3.03. The Morgan fingerprint density at radius 2 is 1.89 bits per heavy atom. The molecular formula is C21H24N4O2. The predicted molar refractivity (Wildman–Crippen MR) is 105 cm³/mol. The Bertz CT molecular complexity index is 980. The smallest absolute Gasteiger partial charge is 0.248 e. The van der Waals surface area contributed by atoms with Gasteiger partial charge in [0.05, 0.1) is 0 Å². The van der Waals surface area contributed by atoms with Gasteiger partial charge in [-0.05, 0) is 64.5 Å². The van der Waals surface area contributed by atoms with Crippen LogP contribution in [0.5, 0.6) is 0 Å². The summed E-state index contributed by atoms with van der Waals surface area (Å²) in [6, 6.07) is 10.1. The van der Waals surface area contributed by atoms with Crippen LogP contribution >= 0.6 is 0 Å². The summed E-state index contributed by atoms with van der Waals surface area (Å²) in [4.78, 5) is 16.4. The molecule has 6 heteroatoms. The van der Waals surface area contributed by atoms with Gasteiger partial charge in [0.15, 0.2) is 5.82 Å². The first-order valence-corrected chi connectivity index (χ1v) is 8.90. The molecule has 3 aromatic rings. The Morgan fingerprint density at radius 3 is 2.52 bits per heavy atom. The monoisotopic (exact) mass is 364 g/mol. The molecule has 0 bridgehead atoms. The topological polar surface area (TPSA) is 73.0 Å². The minimum Gasteiger partial charge on any atom is -0.341 e. The van der Waals surface area contributed by atoms with Gasteiger partial charge in [-0.15, -0.1) is 0 Å². The molecule has 6 nitrogen and oxygen atoms in total. The lowest BCUT2D eigenvalue weighted by molar-refractivity contribution is -0.117. The van der Waals surface area contributed by atoms with Crippen LogP contribution in [0.1, 0.15) is 47.2 Å². The van der Waals surface area contributed by atoms with E-state index in [1.807, 2.05) is 19.9 Å². The van der Waals surface area contributed by atoms with E-state index in [1.165, 1.54) is 11.6 Å². The van der Waals surface area contributed by atoms with Crippen molar-refractivity contribution in [3.8, 4) is 5.69 Å². The van der Waals surface area contributed by atoms with E-state index in [0.717, 1.165) is 22.6 Å². The Balaban J connectivity index is 1.74. The number of carbonyl (C=O) groups is 1. The molecule has 0 unspecified atom stereocenters. The van der Waals surface area contributed by atoms with Crippen molar-refractivity contribution in [1.29, 1.82) is 0 Å². The zero-order valence-corrected chi connectivity index (χ0v) is 16.3. The Kier molecular flexibility index (Phi) is 5.26. The van der Waals surface area contributed by atoms with Crippen molar-refractivity contribution in [2.24, 2.45) is 0 Å². The van der Waals surface area contributed by atoms with Gasteiger partial charge < -0.3 is 14.4 Å². The third kappa shape index (κ3) is 4.16. The largest absolute Gasteiger partial charge is 0.341 e. The highest BCUT2D eigenvalue weighted by Gasteiger charge is 2.14. The fraction of sp³-hybridized carbons (Fsp3) is 0.286. The predicted octanol–water partition coefficient (Wildman–Crippen LogP) is 3.98. The molecule has 2 aromatic heterocycles. The van der Waals surface area contributed by atoms with Gasteiger partial charge in [-0.1, -0.05) is 22.9 Å². The minimum atomic E-state index is -0.344. The highest BCUT2D eigenvalue weighted by molar-refractivity contribution is 5.92. The summed E-state index contributed by atoms with van der Waals surface area (Å²) in [6.07, 6.45) is 3.36. The van der Waals surface area contributed by atoms with E-state index in [4.69, 9.17) is 4.52 Å². The molecule has 3 rings (SSSR count). The number of rotatable bonds is 5. The number of carbonyl (C=O) groups excluding carboxylic acids is 1. The second kappa shape index (κ2) is 7.61. The molecule has 27 heavy (non-hydrogen) atoms. The minimum absolute atomic E-state index is 0.210. The summed E-state index contributed by atoms with van der Waals surface area (Å²) in [6.45, 7) is 9.73. The van der Waals surface area contributed by atoms with Crippen LogP contribution < -0.4 is 5.32 Å². The van der Waals surface area contributed by atoms with Crippen molar-refractivity contribution in [2.75, 3.05) is 0 Å². The molecule has 140 valence electrons. The molecule has 0 aliphatic heterocycles. The molecule has 0 spiro atoms. The zero-order valence-electron chi connectivity index (χ0n) is 16.3. The standard InChI is InChI=1S/C21H24N4O2/c1-13-6-9-19(10-7-13)25-14(2)12-18(16(25)4)8-11-20(26)22-15(3)21-23-17(5)24-27-21/h6-12,15H,1-5H3,(H,22,26)/b11-8+/t15-/m0/s1. The van der Waals surface area contributed by atoms with E-state index in [9.17, 15) is 4.79 Å². The molecule has 0 radical (unpaired) electrons. The van der Waals surface area contributed by atoms with Crippen LogP contribution in [0.15, 0.2) is 40.9 Å². The Morgan fingerprint density at radius 1 is 1.19 bits per heavy atom. The van der Waals surface area contributed by atoms with Gasteiger partial charge in [-0.3, -0.25) is 4.79 Å². The maximum atomic E-state index is 12.2. The molecule has 1 atom stereocenters. The van der Waals surface area contributed by atoms with E-state index >= 15 is 0 Å². The van der Waals surface area contributed by atoms with Gasteiger partial charge in [0.25, 0.3) is 0 Å². The van der Waals surface area contributed by atoms with E-state index in [-0.39, 0.29) is 11.9 Å². The molecule has 0 saturated carbocycles. The number of benzene rings is 1. The van der Waals surface area contributed by atoms with Gasteiger partial charge in [0.2, 0.25) is 11.8 Å². The number of aromatic nitrogens is 3. The van der Waals surface area contributed by atoms with Crippen molar-refractivity contribution in [2.45, 2.75) is 40.7 Å². The van der Waals surface area contributed by atoms with E-state index in [1.54, 1.807) is 6.92 Å². The molecule has 0 aliphatic carbocycles. The van der Waals surface area contributed by atoms with Gasteiger partial charge in [-0.2, -0.15) is 4.98 Å². The molecule has 1 amide bonds. The van der Waals surface area contributed by atoms with Crippen LogP contribution in [0, 0.1) is 27.7 Å². The third-order valence-corrected chi connectivity index (χ3v) is 4.45. The Labute approximate surface area is 158 Å². The lowest BCUT2D eigenvalue weighted by Crippen LogP contribution is -2.24. The zero-order chi connectivity index (χ0) is 19.6. The van der Waals surface area contributed by atoms with Gasteiger partial charge >= 0.3 is 0 Å². The average Bonchev–Trinajstić information content (AvgIpc) is 3.17. The lowest BCUT2D eigenvalue weighted by atomic mass is 10.2. The maximum absolute atomic E-state index is 12.2. The summed E-state index contributed by atoms with van der Waals surface area (Å²) in [5.41, 5.74) is 5.54. The molecule has 1 N–H and O–H groups in total. The number of hydrogen-bond donors (Lipinski definition) is 1. The second-order valence-electron chi connectivity index (χ2n) is 6.74. The highest BCUT2D eigenvalue weighted by atomic mass is 16.5. The summed E-state index contributed by atoms with van der Waals surface area (Å²) in [5, 5.41) is 6.57. The first kappa shape index (κ1) is 18.6. The molecule has 2 heterocycles. The summed E-state index contributed by atoms with van der Waals surface area (Å²) < 4.78 is 7.26. The number of nitrogens with one attached hydrogen (secondary N) is 1. The van der Waals surface area contributed by atoms with Crippen molar-refractivity contribution < 1.29 is 9.32 Å². The normalized spacial score (nSPS) is 12.5. The first-order valence-electron chi connectivity index (χ1n) is 8.90. The SMILES string of the molecule is Cc1ccc(-n2c(C)cc(/C=C/C(=O)N[C@@H](C)c3nc(C)no3)c2C)cc1. The average molecular weight is 364 g/mol. The van der Waals surface area contributed by atoms with E-state index in [0.29, 0.717) is 11.7 Å². The van der Waals surface area contributed by atoms with Gasteiger partial charge in [0.1, 0.15) is 6.04 Å². The van der Waals surface area contributed by atoms with Crippen LogP contribution in [0.4, 0.5) is 0 Å². The van der Waals surface area contributed by atoms with Crippen LogP contribution in [-0.4, -0.2) is 20.6 Å². The van der Waals surface area contributed by atoms with Crippen LogP contribution in [0.25, 0.3) is 11.8 Å². The Hall–Kier alpha value is -3.15.